The van der Waals surface area contributed by atoms with Crippen molar-refractivity contribution in [2.24, 2.45) is 29.6 Å². The second-order valence-electron chi connectivity index (χ2n) is 12.2. The normalized spacial score (nSPS) is 27.0. The molecule has 9 nitrogen and oxygen atoms in total. The third-order valence-corrected chi connectivity index (χ3v) is 12.9. The number of hydrogen-bond acceptors (Lipinski definition) is 8. The molecule has 4 aliphatic rings. The van der Waals surface area contributed by atoms with E-state index in [-0.39, 0.29) is 52.2 Å². The smallest absolute Gasteiger partial charge is 0.305 e. The minimum absolute atomic E-state index is 0.00910. The summed E-state index contributed by atoms with van der Waals surface area (Å²) in [6.45, 7) is -0.293. The van der Waals surface area contributed by atoms with Crippen molar-refractivity contribution >= 4 is 68.1 Å². The van der Waals surface area contributed by atoms with E-state index in [4.69, 9.17) is 9.47 Å². The van der Waals surface area contributed by atoms with E-state index in [2.05, 4.69) is 26.2 Å². The summed E-state index contributed by atoms with van der Waals surface area (Å²) in [7, 11) is 1.57. The molecule has 7 atom stereocenters. The molecule has 2 aliphatic heterocycles. The molecule has 240 valence electrons. The number of carbonyl (C=O) groups excluding carboxylic acids is 3. The molecule has 3 amide bonds. The number of aromatic amines is 1. The predicted octanol–water partition coefficient (Wildman–Crippen LogP) is 6.04. The SMILES string of the molecule is COc1ccc(N2C(=O)C3C4CC(C3C2=O)C2C4Sc3[nH]c(=O)sc3[C@@H]2c2cc(Br)ccc2OCC(=O)Nc2ccc(F)cc2)cc1. The van der Waals surface area contributed by atoms with E-state index < -0.39 is 23.6 Å². The Bertz CT molecular complexity index is 1980. The van der Waals surface area contributed by atoms with Crippen LogP contribution in [0.1, 0.15) is 22.8 Å². The molecule has 1 aromatic heterocycles. The molecule has 2 bridgehead atoms. The molecule has 3 fully saturated rings. The Hall–Kier alpha value is -3.94. The van der Waals surface area contributed by atoms with Gasteiger partial charge < -0.3 is 19.8 Å². The highest BCUT2D eigenvalue weighted by molar-refractivity contribution is 9.10. The van der Waals surface area contributed by atoms with Crippen LogP contribution >= 0.6 is 39.0 Å². The summed E-state index contributed by atoms with van der Waals surface area (Å²) < 4.78 is 25.5. The number of nitrogens with one attached hydrogen (secondary N) is 2. The zero-order valence-corrected chi connectivity index (χ0v) is 28.0. The summed E-state index contributed by atoms with van der Waals surface area (Å²) in [6.07, 6.45) is 0.742. The van der Waals surface area contributed by atoms with Crippen LogP contribution in [0.4, 0.5) is 15.8 Å². The topological polar surface area (TPSA) is 118 Å². The number of methoxy groups -OCH3 is 1. The molecule has 3 heterocycles. The summed E-state index contributed by atoms with van der Waals surface area (Å²) in [5.74, 6) is -1.43. The van der Waals surface area contributed by atoms with Crippen LogP contribution in [0.3, 0.4) is 0 Å². The van der Waals surface area contributed by atoms with Crippen LogP contribution < -0.4 is 24.6 Å². The number of imide groups is 1. The van der Waals surface area contributed by atoms with Gasteiger partial charge in [0.05, 0.1) is 29.7 Å². The standard InChI is InChI=1S/C34H27BrFN3O6S2/c1-44-19-9-7-18(8-10-19)39-32(41)27-21-13-22(28(27)33(39)42)29-26(21)25(30-31(46-29)38-34(43)47-30)20-12-15(35)2-11-23(20)45-14-24(40)37-17-5-3-16(36)4-6-17/h2-12,21-22,25-29H,13-14H2,1H3,(H,37,40)(H,38,43)/t21?,22?,25-,26?,27?,28?,29?/m1/s1. The third-order valence-electron chi connectivity index (χ3n) is 9.85. The molecular weight excluding hydrogens is 709 g/mol. The van der Waals surface area contributed by atoms with Gasteiger partial charge in [0.25, 0.3) is 5.91 Å². The number of benzene rings is 3. The second-order valence-corrected chi connectivity index (χ2v) is 15.3. The van der Waals surface area contributed by atoms with E-state index in [0.717, 1.165) is 37.7 Å². The largest absolute Gasteiger partial charge is 0.497 e. The number of aromatic nitrogens is 1. The number of halogens is 2. The number of hydrogen-bond donors (Lipinski definition) is 2. The van der Waals surface area contributed by atoms with Crippen molar-refractivity contribution in [1.82, 2.24) is 4.98 Å². The molecule has 2 aliphatic carbocycles. The molecule has 1 saturated heterocycles. The van der Waals surface area contributed by atoms with Gasteiger partial charge in [0.2, 0.25) is 11.8 Å². The fraction of sp³-hybridized carbons (Fsp3) is 0.294. The van der Waals surface area contributed by atoms with Gasteiger partial charge in [-0.05, 0) is 90.9 Å². The number of H-pyrrole nitrogens is 1. The Morgan fingerprint density at radius 3 is 2.47 bits per heavy atom. The van der Waals surface area contributed by atoms with Crippen LogP contribution in [0.2, 0.25) is 0 Å². The van der Waals surface area contributed by atoms with Crippen molar-refractivity contribution < 1.29 is 28.2 Å². The van der Waals surface area contributed by atoms with Crippen molar-refractivity contribution in [2.45, 2.75) is 22.6 Å². The molecule has 0 radical (unpaired) electrons. The number of fused-ring (bicyclic) bond motifs is 9. The molecule has 2 N–H and O–H groups in total. The highest BCUT2D eigenvalue weighted by Gasteiger charge is 2.69. The first-order chi connectivity index (χ1) is 22.7. The molecule has 47 heavy (non-hydrogen) atoms. The van der Waals surface area contributed by atoms with Crippen molar-refractivity contribution in [3.8, 4) is 11.5 Å². The summed E-state index contributed by atoms with van der Waals surface area (Å²) in [5.41, 5.74) is 1.78. The van der Waals surface area contributed by atoms with Crippen LogP contribution in [-0.2, 0) is 14.4 Å². The number of nitrogens with zero attached hydrogens (tertiary/aromatic N) is 1. The monoisotopic (exact) mass is 735 g/mol. The van der Waals surface area contributed by atoms with Crippen LogP contribution in [-0.4, -0.2) is 41.7 Å². The average molecular weight is 737 g/mol. The Balaban J connectivity index is 1.13. The highest BCUT2D eigenvalue weighted by atomic mass is 79.9. The zero-order valence-electron chi connectivity index (χ0n) is 24.8. The molecule has 2 saturated carbocycles. The van der Waals surface area contributed by atoms with Crippen molar-refractivity contribution in [3.05, 3.63) is 97.1 Å². The maximum absolute atomic E-state index is 14.1. The molecule has 13 heteroatoms. The van der Waals surface area contributed by atoms with Gasteiger partial charge in [-0.1, -0.05) is 27.3 Å². The zero-order chi connectivity index (χ0) is 32.6. The number of amides is 3. The summed E-state index contributed by atoms with van der Waals surface area (Å²) >= 11 is 6.37. The third kappa shape index (κ3) is 5.01. The van der Waals surface area contributed by atoms with E-state index >= 15 is 0 Å². The Morgan fingerprint density at radius 1 is 1.02 bits per heavy atom. The van der Waals surface area contributed by atoms with E-state index in [1.807, 2.05) is 12.1 Å². The first kappa shape index (κ1) is 30.4. The lowest BCUT2D eigenvalue weighted by Gasteiger charge is -2.43. The molecule has 8 rings (SSSR count). The Kier molecular flexibility index (Phi) is 7.53. The van der Waals surface area contributed by atoms with Crippen LogP contribution in [0, 0.1) is 35.4 Å². The van der Waals surface area contributed by atoms with E-state index in [0.29, 0.717) is 22.9 Å². The molecule has 6 unspecified atom stereocenters. The molecule has 4 aromatic rings. The van der Waals surface area contributed by atoms with Gasteiger partial charge in [-0.2, -0.15) is 0 Å². The number of thioether (sulfide) groups is 1. The van der Waals surface area contributed by atoms with Crippen molar-refractivity contribution in [2.75, 3.05) is 23.9 Å². The number of anilines is 2. The number of carbonyl (C=O) groups is 3. The first-order valence-corrected chi connectivity index (χ1v) is 17.6. The van der Waals surface area contributed by atoms with Gasteiger partial charge in [0.15, 0.2) is 6.61 Å². The lowest BCUT2D eigenvalue weighted by molar-refractivity contribution is -0.123. The summed E-state index contributed by atoms with van der Waals surface area (Å²) in [6, 6.07) is 18.0. The van der Waals surface area contributed by atoms with Gasteiger partial charge in [-0.3, -0.25) is 24.1 Å². The Labute approximate surface area is 285 Å². The van der Waals surface area contributed by atoms with Gasteiger partial charge in [0.1, 0.15) is 17.3 Å². The van der Waals surface area contributed by atoms with Crippen molar-refractivity contribution in [1.29, 1.82) is 0 Å². The van der Waals surface area contributed by atoms with Crippen molar-refractivity contribution in [3.63, 3.8) is 0 Å². The van der Waals surface area contributed by atoms with Crippen LogP contribution in [0.5, 0.6) is 11.5 Å². The average Bonchev–Trinajstić information content (AvgIpc) is 3.80. The van der Waals surface area contributed by atoms with Gasteiger partial charge in [-0.25, -0.2) is 4.39 Å². The van der Waals surface area contributed by atoms with E-state index in [1.54, 1.807) is 49.2 Å². The fourth-order valence-corrected chi connectivity index (χ4v) is 11.4. The lowest BCUT2D eigenvalue weighted by Crippen LogP contribution is -2.42. The Morgan fingerprint density at radius 2 is 1.74 bits per heavy atom. The molecule has 0 spiro atoms. The van der Waals surface area contributed by atoms with Crippen LogP contribution in [0.15, 0.2) is 81.0 Å². The van der Waals surface area contributed by atoms with Crippen LogP contribution in [0.25, 0.3) is 0 Å². The molecular formula is C34H27BrFN3O6S2. The van der Waals surface area contributed by atoms with E-state index in [1.165, 1.54) is 29.2 Å². The summed E-state index contributed by atoms with van der Waals surface area (Å²) in [4.78, 5) is 58.7. The molecule has 3 aromatic carbocycles. The number of ether oxygens (including phenoxy) is 2. The fourth-order valence-electron chi connectivity index (χ4n) is 8.12. The second kappa shape index (κ2) is 11.6. The summed E-state index contributed by atoms with van der Waals surface area (Å²) in [5, 5.41) is 3.49. The number of rotatable bonds is 7. The number of thiazole rings is 1. The maximum Gasteiger partial charge on any atom is 0.305 e. The first-order valence-electron chi connectivity index (χ1n) is 15.1. The van der Waals surface area contributed by atoms with Gasteiger partial charge >= 0.3 is 4.87 Å². The minimum Gasteiger partial charge on any atom is -0.497 e. The van der Waals surface area contributed by atoms with E-state index in [9.17, 15) is 23.6 Å². The quantitative estimate of drug-likeness (QED) is 0.222. The van der Waals surface area contributed by atoms with Gasteiger partial charge in [-0.15, -0.1) is 11.8 Å². The predicted molar refractivity (Wildman–Crippen MR) is 179 cm³/mol. The lowest BCUT2D eigenvalue weighted by atomic mass is 9.68. The highest BCUT2D eigenvalue weighted by Crippen LogP contribution is 2.69. The maximum atomic E-state index is 14.1. The minimum atomic E-state index is -0.464. The van der Waals surface area contributed by atoms with Gasteiger partial charge in [0, 0.05) is 31.8 Å².